The molecule has 17 heavy (non-hydrogen) atoms. The van der Waals surface area contributed by atoms with E-state index in [9.17, 15) is 13.5 Å². The van der Waals surface area contributed by atoms with Gasteiger partial charge in [-0.1, -0.05) is 0 Å². The van der Waals surface area contributed by atoms with Gasteiger partial charge in [0.05, 0.1) is 11.0 Å². The number of aliphatic hydroxyl groups is 1. The van der Waals surface area contributed by atoms with Crippen molar-refractivity contribution in [2.75, 3.05) is 19.3 Å². The zero-order valence-electron chi connectivity index (χ0n) is 9.59. The van der Waals surface area contributed by atoms with Gasteiger partial charge in [0.2, 0.25) is 10.0 Å². The van der Waals surface area contributed by atoms with Crippen LogP contribution < -0.4 is 5.73 Å². The molecule has 7 heteroatoms. The standard InChI is InChI=1S/C10H15BrN2O3S/c1-7(14)6-13(2)17(15,16)8-3-4-10(12)9(11)5-8/h3-5,7,14H,6,12H2,1-2H3. The van der Waals surface area contributed by atoms with Gasteiger partial charge in [0, 0.05) is 23.8 Å². The van der Waals surface area contributed by atoms with Gasteiger partial charge in [-0.3, -0.25) is 0 Å². The van der Waals surface area contributed by atoms with Crippen molar-refractivity contribution in [1.29, 1.82) is 0 Å². The van der Waals surface area contributed by atoms with Crippen molar-refractivity contribution in [3.63, 3.8) is 0 Å². The molecule has 0 spiro atoms. The summed E-state index contributed by atoms with van der Waals surface area (Å²) in [7, 11) is -2.16. The molecule has 0 heterocycles. The van der Waals surface area contributed by atoms with Gasteiger partial charge in [-0.15, -0.1) is 0 Å². The van der Waals surface area contributed by atoms with E-state index < -0.39 is 16.1 Å². The van der Waals surface area contributed by atoms with Crippen molar-refractivity contribution < 1.29 is 13.5 Å². The predicted molar refractivity (Wildman–Crippen MR) is 70.1 cm³/mol. The van der Waals surface area contributed by atoms with Gasteiger partial charge in [0.1, 0.15) is 0 Å². The first-order valence-electron chi connectivity index (χ1n) is 4.94. The zero-order valence-corrected chi connectivity index (χ0v) is 12.0. The first-order valence-corrected chi connectivity index (χ1v) is 7.18. The Morgan fingerprint density at radius 2 is 2.12 bits per heavy atom. The Bertz CT molecular complexity index is 502. The molecule has 1 aromatic rings. The van der Waals surface area contributed by atoms with Gasteiger partial charge < -0.3 is 10.8 Å². The highest BCUT2D eigenvalue weighted by Crippen LogP contribution is 2.24. The minimum Gasteiger partial charge on any atom is -0.398 e. The van der Waals surface area contributed by atoms with Crippen LogP contribution in [0.1, 0.15) is 6.92 Å². The van der Waals surface area contributed by atoms with Crippen LogP contribution >= 0.6 is 15.9 Å². The zero-order chi connectivity index (χ0) is 13.2. The molecule has 0 bridgehead atoms. The summed E-state index contributed by atoms with van der Waals surface area (Å²) in [5.41, 5.74) is 6.07. The molecule has 0 saturated carbocycles. The van der Waals surface area contributed by atoms with E-state index in [1.807, 2.05) is 0 Å². The van der Waals surface area contributed by atoms with Gasteiger partial charge in [0.15, 0.2) is 0 Å². The van der Waals surface area contributed by atoms with Crippen molar-refractivity contribution in [3.05, 3.63) is 22.7 Å². The average Bonchev–Trinajstić information content (AvgIpc) is 2.20. The second-order valence-corrected chi connectivity index (χ2v) is 6.72. The van der Waals surface area contributed by atoms with Crippen LogP contribution in [-0.2, 0) is 10.0 Å². The van der Waals surface area contributed by atoms with Crippen LogP contribution in [0.5, 0.6) is 0 Å². The molecule has 5 nitrogen and oxygen atoms in total. The fourth-order valence-electron chi connectivity index (χ4n) is 1.32. The van der Waals surface area contributed by atoms with Crippen molar-refractivity contribution in [2.24, 2.45) is 0 Å². The van der Waals surface area contributed by atoms with E-state index in [-0.39, 0.29) is 11.4 Å². The highest BCUT2D eigenvalue weighted by atomic mass is 79.9. The molecule has 1 unspecified atom stereocenters. The highest BCUT2D eigenvalue weighted by molar-refractivity contribution is 9.10. The number of rotatable bonds is 4. The van der Waals surface area contributed by atoms with Gasteiger partial charge in [-0.25, -0.2) is 8.42 Å². The van der Waals surface area contributed by atoms with Gasteiger partial charge in [-0.05, 0) is 41.1 Å². The number of nitrogens with zero attached hydrogens (tertiary/aromatic N) is 1. The first kappa shape index (κ1) is 14.4. The molecule has 0 radical (unpaired) electrons. The summed E-state index contributed by atoms with van der Waals surface area (Å²) in [4.78, 5) is 0.140. The van der Waals surface area contributed by atoms with Crippen LogP contribution in [-0.4, -0.2) is 37.5 Å². The van der Waals surface area contributed by atoms with Crippen LogP contribution in [0.2, 0.25) is 0 Å². The molecular formula is C10H15BrN2O3S. The third kappa shape index (κ3) is 3.41. The number of nitrogen functional groups attached to an aromatic ring is 1. The second-order valence-electron chi connectivity index (χ2n) is 3.82. The SMILES string of the molecule is CC(O)CN(C)S(=O)(=O)c1ccc(N)c(Br)c1. The minimum absolute atomic E-state index is 0.0460. The smallest absolute Gasteiger partial charge is 0.242 e. The van der Waals surface area contributed by atoms with E-state index in [0.717, 1.165) is 4.31 Å². The molecule has 0 saturated heterocycles. The lowest BCUT2D eigenvalue weighted by Gasteiger charge is -2.18. The Hall–Kier alpha value is -0.630. The molecule has 96 valence electrons. The number of hydrogen-bond acceptors (Lipinski definition) is 4. The van der Waals surface area contributed by atoms with Gasteiger partial charge in [0.25, 0.3) is 0 Å². The summed E-state index contributed by atoms with van der Waals surface area (Å²) in [6.45, 7) is 1.58. The van der Waals surface area contributed by atoms with Crippen molar-refractivity contribution in [1.82, 2.24) is 4.31 Å². The molecule has 1 aromatic carbocycles. The topological polar surface area (TPSA) is 83.6 Å². The first-order chi connectivity index (χ1) is 7.75. The molecule has 0 fully saturated rings. The molecule has 0 aromatic heterocycles. The van der Waals surface area contributed by atoms with E-state index in [1.165, 1.54) is 32.2 Å². The van der Waals surface area contributed by atoms with Crippen molar-refractivity contribution >= 4 is 31.6 Å². The fourth-order valence-corrected chi connectivity index (χ4v) is 3.13. The molecule has 0 aliphatic heterocycles. The Morgan fingerprint density at radius 1 is 1.53 bits per heavy atom. The largest absolute Gasteiger partial charge is 0.398 e. The Balaban J connectivity index is 3.09. The molecule has 0 aliphatic carbocycles. The number of hydrogen-bond donors (Lipinski definition) is 2. The summed E-state index contributed by atoms with van der Waals surface area (Å²) in [6, 6.07) is 4.41. The molecule has 1 atom stereocenters. The summed E-state index contributed by atoms with van der Waals surface area (Å²) >= 11 is 3.18. The van der Waals surface area contributed by atoms with E-state index in [1.54, 1.807) is 0 Å². The minimum atomic E-state index is -3.59. The summed E-state index contributed by atoms with van der Waals surface area (Å²) < 4.78 is 25.8. The van der Waals surface area contributed by atoms with E-state index in [0.29, 0.717) is 10.2 Å². The van der Waals surface area contributed by atoms with Gasteiger partial charge >= 0.3 is 0 Å². The number of benzene rings is 1. The highest BCUT2D eigenvalue weighted by Gasteiger charge is 2.22. The number of aliphatic hydroxyl groups excluding tert-OH is 1. The van der Waals surface area contributed by atoms with E-state index in [2.05, 4.69) is 15.9 Å². The second kappa shape index (κ2) is 5.34. The number of halogens is 1. The molecule has 3 N–H and O–H groups in total. The number of anilines is 1. The van der Waals surface area contributed by atoms with Crippen LogP contribution in [0.3, 0.4) is 0 Å². The van der Waals surface area contributed by atoms with Crippen molar-refractivity contribution in [2.45, 2.75) is 17.9 Å². The lowest BCUT2D eigenvalue weighted by Crippen LogP contribution is -2.33. The van der Waals surface area contributed by atoms with E-state index >= 15 is 0 Å². The summed E-state index contributed by atoms with van der Waals surface area (Å²) in [5.74, 6) is 0. The maximum atomic E-state index is 12.1. The molecule has 0 aliphatic rings. The Kier molecular flexibility index (Phi) is 4.54. The molecule has 0 amide bonds. The maximum absolute atomic E-state index is 12.1. The van der Waals surface area contributed by atoms with E-state index in [4.69, 9.17) is 5.73 Å². The summed E-state index contributed by atoms with van der Waals surface area (Å²) in [6.07, 6.45) is -0.716. The molecular weight excluding hydrogens is 308 g/mol. The summed E-state index contributed by atoms with van der Waals surface area (Å²) in [5, 5.41) is 9.20. The number of likely N-dealkylation sites (N-methyl/N-ethyl adjacent to an activating group) is 1. The fraction of sp³-hybridized carbons (Fsp3) is 0.400. The van der Waals surface area contributed by atoms with Crippen LogP contribution in [0.15, 0.2) is 27.6 Å². The third-order valence-electron chi connectivity index (χ3n) is 2.20. The van der Waals surface area contributed by atoms with Crippen molar-refractivity contribution in [3.8, 4) is 0 Å². The quantitative estimate of drug-likeness (QED) is 0.811. The third-order valence-corrected chi connectivity index (χ3v) is 4.71. The van der Waals surface area contributed by atoms with Gasteiger partial charge in [-0.2, -0.15) is 4.31 Å². The van der Waals surface area contributed by atoms with Crippen LogP contribution in [0.25, 0.3) is 0 Å². The normalized spacial score (nSPS) is 13.9. The Labute approximate surface area is 109 Å². The lowest BCUT2D eigenvalue weighted by atomic mass is 10.3. The lowest BCUT2D eigenvalue weighted by molar-refractivity contribution is 0.171. The predicted octanol–water partition coefficient (Wildman–Crippen LogP) is 1.03. The monoisotopic (exact) mass is 322 g/mol. The maximum Gasteiger partial charge on any atom is 0.242 e. The number of nitrogens with two attached hydrogens (primary N) is 1. The molecule has 1 rings (SSSR count). The number of sulfonamides is 1. The van der Waals surface area contributed by atoms with Crippen LogP contribution in [0, 0.1) is 0 Å². The Morgan fingerprint density at radius 3 is 2.59 bits per heavy atom. The average molecular weight is 323 g/mol. The van der Waals surface area contributed by atoms with Crippen LogP contribution in [0.4, 0.5) is 5.69 Å².